The largest absolute Gasteiger partial charge is 0.734 e. The topological polar surface area (TPSA) is 57.0 Å². The molecule has 0 unspecified atom stereocenters. The van der Waals surface area contributed by atoms with E-state index in [1.165, 1.54) is 23.1 Å². The summed E-state index contributed by atoms with van der Waals surface area (Å²) in [6.45, 7) is 0. The Morgan fingerprint density at radius 1 is 1.26 bits per heavy atom. The summed E-state index contributed by atoms with van der Waals surface area (Å²) in [7, 11) is 0. The molecule has 1 aromatic heterocycles. The minimum atomic E-state index is -4.74. The Morgan fingerprint density at radius 2 is 1.89 bits per heavy atom. The van der Waals surface area contributed by atoms with Gasteiger partial charge >= 0.3 is 6.36 Å². The Balaban J connectivity index is 2.20. The molecule has 2 rings (SSSR count). The van der Waals surface area contributed by atoms with Crippen molar-refractivity contribution in [3.63, 3.8) is 0 Å². The van der Waals surface area contributed by atoms with E-state index in [-0.39, 0.29) is 11.6 Å². The Hall–Kier alpha value is -2.16. The summed E-state index contributed by atoms with van der Waals surface area (Å²) in [5.74, 6) is -0.499. The third kappa shape index (κ3) is 3.41. The van der Waals surface area contributed by atoms with Crippen molar-refractivity contribution < 1.29 is 22.7 Å². The van der Waals surface area contributed by atoms with Crippen LogP contribution in [-0.2, 0) is 12.6 Å². The van der Waals surface area contributed by atoms with Gasteiger partial charge in [0.25, 0.3) is 0 Å². The molecule has 0 aliphatic heterocycles. The zero-order valence-corrected chi connectivity index (χ0v) is 9.90. The van der Waals surface area contributed by atoms with Crippen molar-refractivity contribution >= 4 is 17.7 Å². The molecule has 0 saturated carbocycles. The highest BCUT2D eigenvalue weighted by Gasteiger charge is 2.30. The average Bonchev–Trinajstić information content (AvgIpc) is 2.77. The zero-order valence-electron chi connectivity index (χ0n) is 9.09. The number of halogens is 3. The smallest absolute Gasteiger partial charge is 0.573 e. The lowest BCUT2D eigenvalue weighted by atomic mass is 10.3. The minimum Gasteiger partial charge on any atom is -0.734 e. The highest BCUT2D eigenvalue weighted by atomic mass is 32.1. The third-order valence-corrected chi connectivity index (χ3v) is 2.19. The Morgan fingerprint density at radius 3 is 2.37 bits per heavy atom. The second-order valence-corrected chi connectivity index (χ2v) is 3.71. The second-order valence-electron chi connectivity index (χ2n) is 3.34. The molecule has 5 nitrogen and oxygen atoms in total. The first-order valence-corrected chi connectivity index (χ1v) is 5.25. The number of nitrogens with zero attached hydrogens (tertiary/aromatic N) is 3. The number of hydrogen-bond donors (Lipinski definition) is 0. The molecule has 0 amide bonds. The van der Waals surface area contributed by atoms with Crippen molar-refractivity contribution in [2.75, 3.05) is 0 Å². The van der Waals surface area contributed by atoms with Gasteiger partial charge in [-0.2, -0.15) is 0 Å². The van der Waals surface area contributed by atoms with Gasteiger partial charge in [-0.1, -0.05) is 0 Å². The summed E-state index contributed by atoms with van der Waals surface area (Å²) in [4.78, 5) is 14.5. The van der Waals surface area contributed by atoms with E-state index in [9.17, 15) is 18.0 Å². The van der Waals surface area contributed by atoms with Gasteiger partial charge in [-0.05, 0) is 24.3 Å². The molecular formula is C10H5F3N3O2S-. The van der Waals surface area contributed by atoms with E-state index < -0.39 is 11.5 Å². The van der Waals surface area contributed by atoms with Crippen LogP contribution in [0.15, 0.2) is 30.6 Å². The molecule has 0 fully saturated rings. The van der Waals surface area contributed by atoms with Crippen molar-refractivity contribution in [3.05, 3.63) is 36.4 Å². The summed E-state index contributed by atoms with van der Waals surface area (Å²) in [5, 5.41) is 3.06. The first kappa shape index (κ1) is 13.3. The molecule has 0 aliphatic rings. The van der Waals surface area contributed by atoms with Gasteiger partial charge in [0.1, 0.15) is 12.1 Å². The first-order valence-electron chi connectivity index (χ1n) is 4.84. The van der Waals surface area contributed by atoms with Gasteiger partial charge in [-0.15, -0.1) is 18.3 Å². The fourth-order valence-electron chi connectivity index (χ4n) is 1.28. The van der Waals surface area contributed by atoms with E-state index in [4.69, 9.17) is 0 Å². The van der Waals surface area contributed by atoms with Crippen molar-refractivity contribution in [1.29, 1.82) is 0 Å². The number of ether oxygens (including phenoxy) is 1. The first-order chi connectivity index (χ1) is 8.85. The van der Waals surface area contributed by atoms with Gasteiger partial charge in [0.05, 0.1) is 10.8 Å². The Labute approximate surface area is 110 Å². The van der Waals surface area contributed by atoms with Crippen molar-refractivity contribution in [2.45, 2.75) is 6.36 Å². The van der Waals surface area contributed by atoms with Crippen LogP contribution in [0, 0.1) is 0 Å². The SMILES string of the molecule is O=C([S-])c1ncn(-c2ccc(OC(F)(F)F)cc2)n1. The standard InChI is InChI=1S/C10H6F3N3O2S/c11-10(12,13)18-7-3-1-6(2-4-7)16-5-14-8(15-16)9(17)19/h1-5H,(H,17,19)/p-1. The highest BCUT2D eigenvalue weighted by molar-refractivity contribution is 7.77. The van der Waals surface area contributed by atoms with Crippen molar-refractivity contribution in [1.82, 2.24) is 14.8 Å². The average molecular weight is 288 g/mol. The Bertz CT molecular complexity index is 595. The molecule has 100 valence electrons. The molecule has 0 spiro atoms. The summed E-state index contributed by atoms with van der Waals surface area (Å²) in [5.41, 5.74) is 0.421. The van der Waals surface area contributed by atoms with E-state index in [0.717, 1.165) is 12.1 Å². The second kappa shape index (κ2) is 4.84. The minimum absolute atomic E-state index is 0.148. The maximum atomic E-state index is 12.0. The number of hydrogen-bond acceptors (Lipinski definition) is 5. The van der Waals surface area contributed by atoms with Crippen LogP contribution in [0.1, 0.15) is 10.6 Å². The van der Waals surface area contributed by atoms with E-state index in [0.29, 0.717) is 5.69 Å². The van der Waals surface area contributed by atoms with Gasteiger partial charge in [0, 0.05) is 0 Å². The zero-order chi connectivity index (χ0) is 14.0. The molecule has 19 heavy (non-hydrogen) atoms. The number of benzene rings is 1. The molecule has 0 saturated heterocycles. The molecule has 0 bridgehead atoms. The molecule has 1 aromatic carbocycles. The molecule has 1 heterocycles. The lowest BCUT2D eigenvalue weighted by molar-refractivity contribution is -0.274. The molecule has 0 radical (unpaired) electrons. The van der Waals surface area contributed by atoms with E-state index >= 15 is 0 Å². The van der Waals surface area contributed by atoms with Crippen molar-refractivity contribution in [3.8, 4) is 11.4 Å². The molecular weight excluding hydrogens is 283 g/mol. The van der Waals surface area contributed by atoms with Crippen molar-refractivity contribution in [2.24, 2.45) is 0 Å². The fourth-order valence-corrected chi connectivity index (χ4v) is 1.38. The number of alkyl halides is 3. The molecule has 0 atom stereocenters. The third-order valence-electron chi connectivity index (χ3n) is 2.01. The molecule has 9 heteroatoms. The van der Waals surface area contributed by atoms with Crippen LogP contribution in [0.25, 0.3) is 5.69 Å². The monoisotopic (exact) mass is 288 g/mol. The number of carbonyl (C=O) groups is 1. The van der Waals surface area contributed by atoms with Gasteiger partial charge < -0.3 is 22.2 Å². The molecule has 0 aliphatic carbocycles. The van der Waals surface area contributed by atoms with Gasteiger partial charge in [-0.3, -0.25) is 0 Å². The predicted octanol–water partition coefficient (Wildman–Crippen LogP) is 1.85. The summed E-state index contributed by atoms with van der Waals surface area (Å²) in [6, 6.07) is 4.93. The van der Waals surface area contributed by atoms with E-state index in [1.807, 2.05) is 0 Å². The van der Waals surface area contributed by atoms with Crippen LogP contribution in [-0.4, -0.2) is 26.2 Å². The van der Waals surface area contributed by atoms with Gasteiger partial charge in [-0.25, -0.2) is 9.67 Å². The van der Waals surface area contributed by atoms with Crippen LogP contribution in [0.5, 0.6) is 5.75 Å². The van der Waals surface area contributed by atoms with Crippen LogP contribution in [0.4, 0.5) is 13.2 Å². The summed E-state index contributed by atoms with van der Waals surface area (Å²) < 4.78 is 40.8. The maximum Gasteiger partial charge on any atom is 0.573 e. The van der Waals surface area contributed by atoms with Crippen LogP contribution < -0.4 is 4.74 Å². The lowest BCUT2D eigenvalue weighted by Gasteiger charge is -2.09. The van der Waals surface area contributed by atoms with Crippen LogP contribution in [0.3, 0.4) is 0 Å². The van der Waals surface area contributed by atoms with E-state index in [1.54, 1.807) is 0 Å². The quantitative estimate of drug-likeness (QED) is 0.807. The number of rotatable bonds is 3. The molecule has 2 aromatic rings. The lowest BCUT2D eigenvalue weighted by Crippen LogP contribution is -2.17. The van der Waals surface area contributed by atoms with E-state index in [2.05, 4.69) is 27.4 Å². The number of carbonyl (C=O) groups excluding carboxylic acids is 1. The van der Waals surface area contributed by atoms with Crippen LogP contribution >= 0.6 is 0 Å². The highest BCUT2D eigenvalue weighted by Crippen LogP contribution is 2.23. The normalized spacial score (nSPS) is 11.3. The fraction of sp³-hybridized carbons (Fsp3) is 0.100. The predicted molar refractivity (Wildman–Crippen MR) is 59.7 cm³/mol. The van der Waals surface area contributed by atoms with Gasteiger partial charge in [0.15, 0.2) is 5.82 Å². The number of aromatic nitrogens is 3. The van der Waals surface area contributed by atoms with Gasteiger partial charge in [0.2, 0.25) is 0 Å². The Kier molecular flexibility index (Phi) is 3.38. The molecule has 0 N–H and O–H groups in total. The summed E-state index contributed by atoms with van der Waals surface area (Å²) >= 11 is 4.37. The maximum absolute atomic E-state index is 12.0. The van der Waals surface area contributed by atoms with Crippen LogP contribution in [0.2, 0.25) is 0 Å². The summed E-state index contributed by atoms with van der Waals surface area (Å²) in [6.07, 6.45) is -3.50.